The number of anilines is 1. The van der Waals surface area contributed by atoms with Crippen LogP contribution in [0.3, 0.4) is 0 Å². The molecular weight excluding hydrogens is 563 g/mol. The summed E-state index contributed by atoms with van der Waals surface area (Å²) in [6.45, 7) is 2.91. The standard InChI is InChI=1S/C26H30ClIN4O2/c27-21-13-22(28)15-23(14-21)30-26(34)32(11-10-31-9-8-25(33)17-31)24-6-4-19(5-7-24)20-3-1-2-18(12-20)16-29/h1-3,12-15,19,24-25,33H,4-11,17H2,(H,30,34)/t19-,24+,25-/m1/s1. The molecule has 2 N–H and O–H groups in total. The van der Waals surface area contributed by atoms with Gasteiger partial charge in [-0.25, -0.2) is 4.79 Å². The van der Waals surface area contributed by atoms with Gasteiger partial charge < -0.3 is 15.3 Å². The first-order chi connectivity index (χ1) is 16.4. The van der Waals surface area contributed by atoms with Gasteiger partial charge in [-0.05, 0) is 96.5 Å². The molecule has 34 heavy (non-hydrogen) atoms. The van der Waals surface area contributed by atoms with E-state index in [0.29, 0.717) is 35.3 Å². The number of carbonyl (C=O) groups excluding carboxylic acids is 1. The molecule has 1 saturated heterocycles. The predicted octanol–water partition coefficient (Wildman–Crippen LogP) is 5.44. The summed E-state index contributed by atoms with van der Waals surface area (Å²) in [7, 11) is 0. The second-order valence-corrected chi connectivity index (χ2v) is 10.9. The quantitative estimate of drug-likeness (QED) is 0.438. The summed E-state index contributed by atoms with van der Waals surface area (Å²) in [5.41, 5.74) is 2.61. The molecule has 8 heteroatoms. The maximum Gasteiger partial charge on any atom is 0.322 e. The third kappa shape index (κ3) is 6.63. The number of hydrogen-bond acceptors (Lipinski definition) is 4. The van der Waals surface area contributed by atoms with Gasteiger partial charge in [-0.15, -0.1) is 0 Å². The van der Waals surface area contributed by atoms with E-state index in [4.69, 9.17) is 11.6 Å². The normalized spacial score (nSPS) is 22.8. The van der Waals surface area contributed by atoms with Crippen molar-refractivity contribution in [3.8, 4) is 6.07 Å². The van der Waals surface area contributed by atoms with Crippen LogP contribution in [0.1, 0.15) is 49.1 Å². The number of aliphatic hydroxyl groups is 1. The van der Waals surface area contributed by atoms with E-state index in [1.54, 1.807) is 6.07 Å². The number of halogens is 2. The van der Waals surface area contributed by atoms with Crippen LogP contribution in [0.4, 0.5) is 10.5 Å². The summed E-state index contributed by atoms with van der Waals surface area (Å²) >= 11 is 8.39. The van der Waals surface area contributed by atoms with Crippen LogP contribution in [0.2, 0.25) is 5.02 Å². The Morgan fingerprint density at radius 3 is 2.68 bits per heavy atom. The molecule has 0 aromatic heterocycles. The SMILES string of the molecule is N#Cc1cccc([C@H]2CC[C@@H](N(CCN3CC[C@@H](O)C3)C(=O)Nc3cc(Cl)cc(I)c3)CC2)c1. The molecule has 2 amide bonds. The highest BCUT2D eigenvalue weighted by Gasteiger charge is 2.31. The first kappa shape index (κ1) is 25.2. The van der Waals surface area contributed by atoms with E-state index in [1.807, 2.05) is 35.2 Å². The Hall–Kier alpha value is -1.86. The number of nitrogens with zero attached hydrogens (tertiary/aromatic N) is 3. The van der Waals surface area contributed by atoms with E-state index in [-0.39, 0.29) is 18.2 Å². The Morgan fingerprint density at radius 1 is 1.21 bits per heavy atom. The van der Waals surface area contributed by atoms with Crippen molar-refractivity contribution in [2.24, 2.45) is 0 Å². The highest BCUT2D eigenvalue weighted by molar-refractivity contribution is 14.1. The van der Waals surface area contributed by atoms with Crippen molar-refractivity contribution in [1.82, 2.24) is 9.80 Å². The number of urea groups is 1. The lowest BCUT2D eigenvalue weighted by atomic mass is 9.81. The number of amides is 2. The summed E-state index contributed by atoms with van der Waals surface area (Å²) in [4.78, 5) is 17.6. The van der Waals surface area contributed by atoms with Gasteiger partial charge in [0, 0.05) is 46.5 Å². The summed E-state index contributed by atoms with van der Waals surface area (Å²) in [5.74, 6) is 0.415. The molecule has 2 aliphatic rings. The Labute approximate surface area is 220 Å². The van der Waals surface area contributed by atoms with Gasteiger partial charge in [-0.3, -0.25) is 4.90 Å². The van der Waals surface area contributed by atoms with Gasteiger partial charge in [-0.2, -0.15) is 5.26 Å². The minimum Gasteiger partial charge on any atom is -0.392 e. The van der Waals surface area contributed by atoms with E-state index in [0.717, 1.165) is 48.8 Å². The molecule has 2 fully saturated rings. The number of nitrogens with one attached hydrogen (secondary N) is 1. The van der Waals surface area contributed by atoms with Gasteiger partial charge in [0.1, 0.15) is 0 Å². The summed E-state index contributed by atoms with van der Waals surface area (Å²) in [5, 5.41) is 22.8. The molecule has 1 aliphatic heterocycles. The van der Waals surface area contributed by atoms with Crippen LogP contribution in [0, 0.1) is 14.9 Å². The molecule has 1 heterocycles. The topological polar surface area (TPSA) is 79.6 Å². The molecule has 1 saturated carbocycles. The molecule has 6 nitrogen and oxygen atoms in total. The summed E-state index contributed by atoms with van der Waals surface area (Å²) in [6, 6.07) is 15.7. The average Bonchev–Trinajstić information content (AvgIpc) is 3.24. The monoisotopic (exact) mass is 592 g/mol. The van der Waals surface area contributed by atoms with Crippen molar-refractivity contribution < 1.29 is 9.90 Å². The van der Waals surface area contributed by atoms with Crippen LogP contribution in [0.5, 0.6) is 0 Å². The fraction of sp³-hybridized carbons (Fsp3) is 0.462. The molecule has 2 aromatic carbocycles. The Morgan fingerprint density at radius 2 is 2.00 bits per heavy atom. The fourth-order valence-electron chi connectivity index (χ4n) is 5.12. The minimum atomic E-state index is -0.268. The van der Waals surface area contributed by atoms with Crippen molar-refractivity contribution in [1.29, 1.82) is 5.26 Å². The van der Waals surface area contributed by atoms with Crippen LogP contribution in [0.25, 0.3) is 0 Å². The lowest BCUT2D eigenvalue weighted by Gasteiger charge is -2.38. The van der Waals surface area contributed by atoms with Crippen molar-refractivity contribution >= 4 is 45.9 Å². The number of likely N-dealkylation sites (tertiary alicyclic amines) is 1. The molecule has 2 aromatic rings. The molecule has 1 aliphatic carbocycles. The third-order valence-corrected chi connectivity index (χ3v) is 7.74. The number of aliphatic hydroxyl groups excluding tert-OH is 1. The number of carbonyl (C=O) groups is 1. The largest absolute Gasteiger partial charge is 0.392 e. The number of nitriles is 1. The van der Waals surface area contributed by atoms with Gasteiger partial charge in [0.2, 0.25) is 0 Å². The van der Waals surface area contributed by atoms with Crippen molar-refractivity contribution in [3.63, 3.8) is 0 Å². The molecular formula is C26H30ClIN4O2. The van der Waals surface area contributed by atoms with E-state index in [2.05, 4.69) is 44.9 Å². The van der Waals surface area contributed by atoms with E-state index >= 15 is 0 Å². The number of benzene rings is 2. The van der Waals surface area contributed by atoms with Gasteiger partial charge in [0.15, 0.2) is 0 Å². The Bertz CT molecular complexity index is 1030. The maximum atomic E-state index is 13.4. The van der Waals surface area contributed by atoms with Crippen LogP contribution in [-0.4, -0.2) is 59.3 Å². The highest BCUT2D eigenvalue weighted by Crippen LogP contribution is 2.35. The Kier molecular flexibility index (Phi) is 8.70. The van der Waals surface area contributed by atoms with Crippen molar-refractivity contribution in [2.75, 3.05) is 31.5 Å². The van der Waals surface area contributed by atoms with Gasteiger partial charge in [0.05, 0.1) is 17.7 Å². The van der Waals surface area contributed by atoms with Gasteiger partial charge >= 0.3 is 6.03 Å². The third-order valence-electron chi connectivity index (χ3n) is 6.90. The molecule has 0 bridgehead atoms. The first-order valence-electron chi connectivity index (χ1n) is 11.9. The molecule has 0 spiro atoms. The van der Waals surface area contributed by atoms with Crippen LogP contribution >= 0.6 is 34.2 Å². The maximum absolute atomic E-state index is 13.4. The summed E-state index contributed by atoms with van der Waals surface area (Å²) < 4.78 is 0.970. The van der Waals surface area contributed by atoms with Crippen LogP contribution < -0.4 is 5.32 Å². The molecule has 1 atom stereocenters. The number of hydrogen-bond donors (Lipinski definition) is 2. The van der Waals surface area contributed by atoms with Crippen molar-refractivity contribution in [2.45, 2.75) is 50.2 Å². The van der Waals surface area contributed by atoms with E-state index < -0.39 is 0 Å². The molecule has 0 radical (unpaired) electrons. The van der Waals surface area contributed by atoms with E-state index in [9.17, 15) is 15.2 Å². The van der Waals surface area contributed by atoms with Gasteiger partial charge in [0.25, 0.3) is 0 Å². The summed E-state index contributed by atoms with van der Waals surface area (Å²) in [6.07, 6.45) is 4.34. The van der Waals surface area contributed by atoms with Crippen LogP contribution in [0.15, 0.2) is 42.5 Å². The number of β-amino-alcohol motifs (C(OH)–C–C–N with tert-alkyl or cyclic N) is 1. The molecule has 4 rings (SSSR count). The molecule has 0 unspecified atom stereocenters. The average molecular weight is 593 g/mol. The Balaban J connectivity index is 1.43. The minimum absolute atomic E-state index is 0.104. The van der Waals surface area contributed by atoms with E-state index in [1.165, 1.54) is 5.56 Å². The number of rotatable bonds is 6. The zero-order valence-corrected chi connectivity index (χ0v) is 22.0. The predicted molar refractivity (Wildman–Crippen MR) is 143 cm³/mol. The molecule has 180 valence electrons. The lowest BCUT2D eigenvalue weighted by molar-refractivity contribution is 0.143. The fourth-order valence-corrected chi connectivity index (χ4v) is 6.21. The second-order valence-electron chi connectivity index (χ2n) is 9.27. The lowest BCUT2D eigenvalue weighted by Crippen LogP contribution is -2.47. The van der Waals surface area contributed by atoms with Gasteiger partial charge in [-0.1, -0.05) is 23.7 Å². The smallest absolute Gasteiger partial charge is 0.322 e. The first-order valence-corrected chi connectivity index (χ1v) is 13.3. The second kappa shape index (κ2) is 11.7. The zero-order chi connectivity index (χ0) is 24.1. The zero-order valence-electron chi connectivity index (χ0n) is 19.1. The highest BCUT2D eigenvalue weighted by atomic mass is 127. The van der Waals surface area contributed by atoms with Crippen LogP contribution in [-0.2, 0) is 0 Å². The van der Waals surface area contributed by atoms with Crippen molar-refractivity contribution in [3.05, 3.63) is 62.2 Å².